The number of carboxylic acid groups (broad SMARTS) is 1. The van der Waals surface area contributed by atoms with Crippen LogP contribution < -0.4 is 8.48 Å². The van der Waals surface area contributed by atoms with Gasteiger partial charge in [0, 0.05) is 0 Å². The molecule has 106 valence electrons. The van der Waals surface area contributed by atoms with E-state index in [0.29, 0.717) is 6.07 Å². The zero-order valence-corrected chi connectivity index (χ0v) is 11.9. The molecule has 0 bridgehead atoms. The second-order valence-electron chi connectivity index (χ2n) is 3.12. The van der Waals surface area contributed by atoms with E-state index in [2.05, 4.69) is 0 Å². The van der Waals surface area contributed by atoms with Gasteiger partial charge in [-0.15, -0.1) is 8.48 Å². The summed E-state index contributed by atoms with van der Waals surface area (Å²) < 4.78 is 48.7. The van der Waals surface area contributed by atoms with Gasteiger partial charge in [-0.05, 0) is 41.8 Å². The summed E-state index contributed by atoms with van der Waals surface area (Å²) in [5.41, 5.74) is -0.637. The minimum Gasteiger partial charge on any atom is -0.478 e. The molecule has 0 saturated carbocycles. The third-order valence-corrected chi connectivity index (χ3v) is 5.40. The number of halogens is 2. The molecule has 8 nitrogen and oxygen atoms in total. The average Bonchev–Trinajstić information content (AvgIpc) is 2.37. The van der Waals surface area contributed by atoms with Gasteiger partial charge in [0.15, 0.2) is 0 Å². The van der Waals surface area contributed by atoms with E-state index in [0.717, 1.165) is 12.1 Å². The predicted molar refractivity (Wildman–Crippen MR) is 65.8 cm³/mol. The van der Waals surface area contributed by atoms with Crippen LogP contribution in [-0.2, 0) is 20.0 Å². The molecular formula is C7H6Cl2N2O6S2. The maximum atomic E-state index is 11.5. The highest BCUT2D eigenvalue weighted by Gasteiger charge is 2.25. The van der Waals surface area contributed by atoms with Crippen molar-refractivity contribution in [3.63, 3.8) is 0 Å². The largest absolute Gasteiger partial charge is 0.478 e. The number of carbonyl (C=O) groups is 1. The number of sulfonamides is 2. The fraction of sp³-hybridized carbons (Fsp3) is 0. The summed E-state index contributed by atoms with van der Waals surface area (Å²) >= 11 is 9.97. The van der Waals surface area contributed by atoms with Crippen molar-refractivity contribution in [2.75, 3.05) is 0 Å². The number of hydrogen-bond acceptors (Lipinski definition) is 5. The highest BCUT2D eigenvalue weighted by atomic mass is 35.5. The van der Waals surface area contributed by atoms with Crippen molar-refractivity contribution in [2.24, 2.45) is 0 Å². The number of benzene rings is 1. The lowest BCUT2D eigenvalue weighted by Gasteiger charge is -2.08. The minimum atomic E-state index is -4.37. The molecule has 0 amide bonds. The number of aromatic carboxylic acids is 1. The topological polar surface area (TPSA) is 130 Å². The maximum Gasteiger partial charge on any atom is 0.337 e. The van der Waals surface area contributed by atoms with Crippen LogP contribution in [0, 0.1) is 0 Å². The summed E-state index contributed by atoms with van der Waals surface area (Å²) in [5.74, 6) is -1.56. The van der Waals surface area contributed by atoms with Gasteiger partial charge in [-0.25, -0.2) is 21.6 Å². The lowest BCUT2D eigenvalue weighted by Crippen LogP contribution is -2.20. The summed E-state index contributed by atoms with van der Waals surface area (Å²) in [7, 11) is -8.51. The third kappa shape index (κ3) is 3.35. The molecule has 3 N–H and O–H groups in total. The standard InChI is InChI=1S/C7H6Cl2N2O6S2/c8-10-18(14,15)4-1-2-5(7(12)13)6(3-4)19(16,17)11-9/h1-3,10-11H,(H,12,13). The first-order chi connectivity index (χ1) is 8.65. The van der Waals surface area contributed by atoms with Crippen LogP contribution in [0.4, 0.5) is 0 Å². The summed E-state index contributed by atoms with van der Waals surface area (Å²) in [6, 6.07) is 2.32. The van der Waals surface area contributed by atoms with Crippen LogP contribution in [0.25, 0.3) is 0 Å². The monoisotopic (exact) mass is 348 g/mol. The Hall–Kier alpha value is -0.910. The molecule has 0 aliphatic rings. The number of hydrogen-bond donors (Lipinski definition) is 3. The number of rotatable bonds is 5. The SMILES string of the molecule is O=C(O)c1ccc(S(=O)(=O)NCl)cc1S(=O)(=O)NCl. The maximum absolute atomic E-state index is 11.5. The predicted octanol–water partition coefficient (Wildman–Crippen LogP) is 0.249. The van der Waals surface area contributed by atoms with Gasteiger partial charge in [-0.1, -0.05) is 0 Å². The molecule has 0 radical (unpaired) electrons. The zero-order valence-electron chi connectivity index (χ0n) is 8.79. The van der Waals surface area contributed by atoms with Crippen LogP contribution in [0.2, 0.25) is 0 Å². The normalized spacial score (nSPS) is 12.3. The van der Waals surface area contributed by atoms with Gasteiger partial charge in [0.2, 0.25) is 0 Å². The average molecular weight is 349 g/mol. The van der Waals surface area contributed by atoms with Crippen molar-refractivity contribution in [3.8, 4) is 0 Å². The lowest BCUT2D eigenvalue weighted by atomic mass is 10.2. The third-order valence-electron chi connectivity index (χ3n) is 1.99. The molecule has 0 aliphatic carbocycles. The number of carboxylic acids is 1. The first kappa shape index (κ1) is 16.1. The molecule has 1 aromatic carbocycles. The van der Waals surface area contributed by atoms with Crippen LogP contribution in [-0.4, -0.2) is 27.9 Å². The Balaban J connectivity index is 3.67. The molecule has 0 aromatic heterocycles. The van der Waals surface area contributed by atoms with Gasteiger partial charge >= 0.3 is 5.97 Å². The Labute approximate surface area is 118 Å². The molecule has 12 heteroatoms. The zero-order chi connectivity index (χ0) is 14.8. The molecule has 1 rings (SSSR count). The van der Waals surface area contributed by atoms with E-state index >= 15 is 0 Å². The van der Waals surface area contributed by atoms with E-state index < -0.39 is 41.4 Å². The lowest BCUT2D eigenvalue weighted by molar-refractivity contribution is 0.0692. The summed E-state index contributed by atoms with van der Waals surface area (Å²) in [6.45, 7) is 0. The van der Waals surface area contributed by atoms with Crippen molar-refractivity contribution in [1.29, 1.82) is 0 Å². The van der Waals surface area contributed by atoms with E-state index in [1.54, 1.807) is 0 Å². The first-order valence-corrected chi connectivity index (χ1v) is 8.00. The molecule has 1 aromatic rings. The van der Waals surface area contributed by atoms with E-state index in [1.807, 2.05) is 0 Å². The van der Waals surface area contributed by atoms with Crippen molar-refractivity contribution < 1.29 is 26.7 Å². The summed E-state index contributed by atoms with van der Waals surface area (Å²) in [6.07, 6.45) is 0. The summed E-state index contributed by atoms with van der Waals surface area (Å²) in [5, 5.41) is 8.85. The van der Waals surface area contributed by atoms with Crippen molar-refractivity contribution in [2.45, 2.75) is 9.79 Å². The van der Waals surface area contributed by atoms with Crippen molar-refractivity contribution >= 4 is 49.6 Å². The van der Waals surface area contributed by atoms with Gasteiger partial charge in [0.1, 0.15) is 0 Å². The smallest absolute Gasteiger partial charge is 0.337 e. The van der Waals surface area contributed by atoms with Crippen molar-refractivity contribution in [3.05, 3.63) is 23.8 Å². The molecule has 0 atom stereocenters. The fourth-order valence-electron chi connectivity index (χ4n) is 1.15. The second-order valence-corrected chi connectivity index (χ2v) is 7.28. The van der Waals surface area contributed by atoms with Crippen LogP contribution in [0.1, 0.15) is 10.4 Å². The van der Waals surface area contributed by atoms with Gasteiger partial charge in [-0.3, -0.25) is 0 Å². The number of nitrogens with one attached hydrogen (secondary N) is 2. The van der Waals surface area contributed by atoms with E-state index in [4.69, 9.17) is 28.7 Å². The summed E-state index contributed by atoms with van der Waals surface area (Å²) in [4.78, 5) is 9.56. The molecule has 0 spiro atoms. The van der Waals surface area contributed by atoms with Crippen LogP contribution in [0.3, 0.4) is 0 Å². The Bertz CT molecular complexity index is 715. The fourth-order valence-corrected chi connectivity index (χ4v) is 3.17. The molecule has 0 aliphatic heterocycles. The Kier molecular flexibility index (Phi) is 4.76. The van der Waals surface area contributed by atoms with E-state index in [1.165, 1.54) is 8.48 Å². The van der Waals surface area contributed by atoms with Crippen LogP contribution >= 0.6 is 23.6 Å². The molecule has 0 unspecified atom stereocenters. The Morgan fingerprint density at radius 3 is 2.00 bits per heavy atom. The minimum absolute atomic E-state index is 0.530. The quantitative estimate of drug-likeness (QED) is 0.654. The van der Waals surface area contributed by atoms with Gasteiger partial charge in [0.05, 0.1) is 15.4 Å². The molecule has 19 heavy (non-hydrogen) atoms. The molecule has 0 saturated heterocycles. The van der Waals surface area contributed by atoms with E-state index in [9.17, 15) is 21.6 Å². The Morgan fingerprint density at radius 1 is 1.05 bits per heavy atom. The highest BCUT2D eigenvalue weighted by molar-refractivity contribution is 7.91. The first-order valence-electron chi connectivity index (χ1n) is 4.28. The van der Waals surface area contributed by atoms with Gasteiger partial charge < -0.3 is 5.11 Å². The van der Waals surface area contributed by atoms with Crippen molar-refractivity contribution in [1.82, 2.24) is 8.48 Å². The molecule has 0 heterocycles. The molecule has 0 fully saturated rings. The van der Waals surface area contributed by atoms with Gasteiger partial charge in [0.25, 0.3) is 20.0 Å². The highest BCUT2D eigenvalue weighted by Crippen LogP contribution is 2.21. The van der Waals surface area contributed by atoms with Crippen LogP contribution in [0.15, 0.2) is 28.0 Å². The van der Waals surface area contributed by atoms with Crippen LogP contribution in [0.5, 0.6) is 0 Å². The van der Waals surface area contributed by atoms with Gasteiger partial charge in [-0.2, -0.15) is 0 Å². The Morgan fingerprint density at radius 2 is 1.58 bits per heavy atom. The second kappa shape index (κ2) is 5.61. The van der Waals surface area contributed by atoms with E-state index in [-0.39, 0.29) is 0 Å². The molecular weight excluding hydrogens is 343 g/mol.